The molecule has 0 atom stereocenters. The maximum atomic E-state index is 13.0. The van der Waals surface area contributed by atoms with Gasteiger partial charge in [0.1, 0.15) is 11.5 Å². The molecule has 0 saturated carbocycles. The Labute approximate surface area is 240 Å². The van der Waals surface area contributed by atoms with E-state index in [0.717, 1.165) is 18.3 Å². The number of carbonyl (C=O) groups is 5. The van der Waals surface area contributed by atoms with Crippen LogP contribution in [0.15, 0.2) is 64.1 Å². The van der Waals surface area contributed by atoms with E-state index in [1.165, 1.54) is 36.4 Å². The molecule has 3 aromatic rings. The zero-order valence-electron chi connectivity index (χ0n) is 21.5. The van der Waals surface area contributed by atoms with Crippen molar-refractivity contribution in [2.75, 3.05) is 17.2 Å². The van der Waals surface area contributed by atoms with Crippen molar-refractivity contribution in [3.8, 4) is 0 Å². The van der Waals surface area contributed by atoms with E-state index < -0.39 is 46.4 Å². The average Bonchev–Trinajstić information content (AvgIpc) is 3.40. The summed E-state index contributed by atoms with van der Waals surface area (Å²) in [6, 6.07) is 11.2. The van der Waals surface area contributed by atoms with E-state index in [4.69, 9.17) is 20.8 Å². The number of ether oxygens (including phenoxy) is 1. The Hall–Kier alpha value is -5.18. The minimum Gasteiger partial charge on any atom is -0.462 e. The van der Waals surface area contributed by atoms with Crippen molar-refractivity contribution in [1.82, 2.24) is 10.7 Å². The number of hydrogen-bond donors (Lipinski definition) is 4. The predicted octanol–water partition coefficient (Wildman–Crippen LogP) is 3.47. The summed E-state index contributed by atoms with van der Waals surface area (Å²) in [7, 11) is 0. The highest BCUT2D eigenvalue weighted by Gasteiger charge is 2.33. The van der Waals surface area contributed by atoms with Gasteiger partial charge >= 0.3 is 35.8 Å². The lowest BCUT2D eigenvalue weighted by Gasteiger charge is -2.11. The van der Waals surface area contributed by atoms with E-state index in [9.17, 15) is 37.1 Å². The Morgan fingerprint density at radius 1 is 0.905 bits per heavy atom. The lowest BCUT2D eigenvalue weighted by Crippen LogP contribution is -2.34. The molecule has 0 aliphatic rings. The third-order valence-electron chi connectivity index (χ3n) is 5.06. The smallest absolute Gasteiger partial charge is 0.417 e. The molecular weight excluding hydrogens is 587 g/mol. The van der Waals surface area contributed by atoms with Crippen LogP contribution in [0.2, 0.25) is 5.02 Å². The minimum atomic E-state index is -4.76. The summed E-state index contributed by atoms with van der Waals surface area (Å²) in [6.07, 6.45) is -3.74. The summed E-state index contributed by atoms with van der Waals surface area (Å²) in [6.45, 7) is 1.69. The Balaban J connectivity index is 1.45. The fraction of sp³-hybridized carbons (Fsp3) is 0.154. The van der Waals surface area contributed by atoms with E-state index in [0.29, 0.717) is 6.07 Å². The molecule has 3 rings (SSSR count). The number of rotatable bonds is 8. The van der Waals surface area contributed by atoms with Gasteiger partial charge in [0, 0.05) is 11.4 Å². The fourth-order valence-electron chi connectivity index (χ4n) is 3.11. The van der Waals surface area contributed by atoms with Gasteiger partial charge in [-0.3, -0.25) is 19.2 Å². The largest absolute Gasteiger partial charge is 0.462 e. The molecule has 0 radical (unpaired) electrons. The number of carbonyl (C=O) groups excluding carboxylic acids is 5. The van der Waals surface area contributed by atoms with E-state index in [1.807, 2.05) is 10.7 Å². The lowest BCUT2D eigenvalue weighted by molar-refractivity contribution is -0.137. The van der Waals surface area contributed by atoms with Crippen LogP contribution >= 0.6 is 11.6 Å². The SMILES string of the molecule is CCOC(=O)c1ccc(NC(=O)C(=O)NCc2ccc(/C=N/NC(=O)C(=O)Nc3ccc(Cl)c(C(F)(F)F)c3)o2)cc1. The molecule has 1 heterocycles. The van der Waals surface area contributed by atoms with Crippen molar-refractivity contribution >= 4 is 58.8 Å². The first-order valence-corrected chi connectivity index (χ1v) is 12.2. The van der Waals surface area contributed by atoms with Crippen molar-refractivity contribution < 1.29 is 46.3 Å². The topological polar surface area (TPSA) is 168 Å². The zero-order chi connectivity index (χ0) is 30.9. The number of hydrogen-bond acceptors (Lipinski definition) is 8. The molecule has 4 amide bonds. The summed E-state index contributed by atoms with van der Waals surface area (Å²) >= 11 is 5.52. The van der Waals surface area contributed by atoms with Gasteiger partial charge in [0.2, 0.25) is 0 Å². The summed E-state index contributed by atoms with van der Waals surface area (Å²) in [5.41, 5.74) is 0.935. The van der Waals surface area contributed by atoms with Gasteiger partial charge in [-0.2, -0.15) is 18.3 Å². The van der Waals surface area contributed by atoms with Gasteiger partial charge in [0.25, 0.3) is 0 Å². The quantitative estimate of drug-likeness (QED) is 0.132. The molecule has 0 spiro atoms. The number of nitrogens with zero attached hydrogens (tertiary/aromatic N) is 1. The molecule has 16 heteroatoms. The van der Waals surface area contributed by atoms with E-state index in [2.05, 4.69) is 15.7 Å². The highest BCUT2D eigenvalue weighted by molar-refractivity contribution is 6.40. The van der Waals surface area contributed by atoms with E-state index in [1.54, 1.807) is 6.92 Å². The number of nitrogens with one attached hydrogen (secondary N) is 4. The van der Waals surface area contributed by atoms with Crippen molar-refractivity contribution in [1.29, 1.82) is 0 Å². The van der Waals surface area contributed by atoms with Crippen molar-refractivity contribution in [3.05, 3.63) is 82.3 Å². The summed E-state index contributed by atoms with van der Waals surface area (Å²) < 4.78 is 49.1. The first-order valence-electron chi connectivity index (χ1n) is 11.8. The van der Waals surface area contributed by atoms with E-state index >= 15 is 0 Å². The molecule has 220 valence electrons. The van der Waals surface area contributed by atoms with Gasteiger partial charge < -0.3 is 25.1 Å². The Bertz CT molecular complexity index is 1520. The number of hydrazone groups is 1. The molecule has 4 N–H and O–H groups in total. The number of alkyl halides is 3. The number of halogens is 4. The summed E-state index contributed by atoms with van der Waals surface area (Å²) in [4.78, 5) is 59.8. The molecule has 0 saturated heterocycles. The minimum absolute atomic E-state index is 0.0959. The van der Waals surface area contributed by atoms with Crippen LogP contribution in [0.25, 0.3) is 0 Å². The molecular formula is C26H21ClF3N5O7. The van der Waals surface area contributed by atoms with Crippen LogP contribution in [-0.2, 0) is 36.6 Å². The molecule has 0 aliphatic carbocycles. The summed E-state index contributed by atoms with van der Waals surface area (Å²) in [5.74, 6) is -4.74. The van der Waals surface area contributed by atoms with Gasteiger partial charge in [0.15, 0.2) is 0 Å². The summed E-state index contributed by atoms with van der Waals surface area (Å²) in [5, 5.41) is 9.66. The molecule has 0 bridgehead atoms. The van der Waals surface area contributed by atoms with Gasteiger partial charge in [0.05, 0.1) is 35.5 Å². The number of amides is 4. The van der Waals surface area contributed by atoms with Crippen LogP contribution in [0.5, 0.6) is 0 Å². The van der Waals surface area contributed by atoms with Crippen LogP contribution in [0.4, 0.5) is 24.5 Å². The van der Waals surface area contributed by atoms with Crippen LogP contribution in [0.3, 0.4) is 0 Å². The van der Waals surface area contributed by atoms with Gasteiger partial charge in [-0.15, -0.1) is 0 Å². The molecule has 12 nitrogen and oxygen atoms in total. The van der Waals surface area contributed by atoms with Crippen molar-refractivity contribution in [3.63, 3.8) is 0 Å². The second-order valence-electron chi connectivity index (χ2n) is 8.08. The van der Waals surface area contributed by atoms with Crippen LogP contribution in [-0.4, -0.2) is 42.4 Å². The van der Waals surface area contributed by atoms with Crippen molar-refractivity contribution in [2.45, 2.75) is 19.6 Å². The Kier molecular flexibility index (Phi) is 10.4. The molecule has 0 fully saturated rings. The predicted molar refractivity (Wildman–Crippen MR) is 142 cm³/mol. The van der Waals surface area contributed by atoms with Gasteiger partial charge in [-0.05, 0) is 61.5 Å². The fourth-order valence-corrected chi connectivity index (χ4v) is 3.34. The standard InChI is InChI=1S/C26H21ClF3N5O7/c1-2-41-25(40)14-3-5-15(6-4-14)33-22(37)21(36)31-12-17-8-9-18(42-17)13-32-35-24(39)23(38)34-16-7-10-20(27)19(11-16)26(28,29)30/h3-11,13H,2,12H2,1H3,(H,31,36)(H,33,37)(H,34,38)(H,35,39)/b32-13+. The average molecular weight is 608 g/mol. The number of anilines is 2. The molecule has 0 aliphatic heterocycles. The number of esters is 1. The van der Waals surface area contributed by atoms with Crippen LogP contribution in [0, 0.1) is 0 Å². The van der Waals surface area contributed by atoms with Crippen molar-refractivity contribution in [2.24, 2.45) is 5.10 Å². The zero-order valence-corrected chi connectivity index (χ0v) is 22.3. The Morgan fingerprint density at radius 3 is 2.21 bits per heavy atom. The van der Waals surface area contributed by atoms with Crippen LogP contribution < -0.4 is 21.4 Å². The number of furan rings is 1. The third kappa shape index (κ3) is 8.92. The monoisotopic (exact) mass is 607 g/mol. The maximum absolute atomic E-state index is 13.0. The highest BCUT2D eigenvalue weighted by atomic mass is 35.5. The van der Waals surface area contributed by atoms with E-state index in [-0.39, 0.29) is 41.6 Å². The van der Waals surface area contributed by atoms with Crippen LogP contribution in [0.1, 0.15) is 34.4 Å². The highest BCUT2D eigenvalue weighted by Crippen LogP contribution is 2.36. The molecule has 42 heavy (non-hydrogen) atoms. The van der Waals surface area contributed by atoms with Gasteiger partial charge in [-0.25, -0.2) is 10.2 Å². The first-order chi connectivity index (χ1) is 19.9. The third-order valence-corrected chi connectivity index (χ3v) is 5.39. The van der Waals surface area contributed by atoms with Gasteiger partial charge in [-0.1, -0.05) is 11.6 Å². The maximum Gasteiger partial charge on any atom is 0.417 e. The second kappa shape index (κ2) is 13.9. The molecule has 0 unspecified atom stereocenters. The lowest BCUT2D eigenvalue weighted by atomic mass is 10.2. The molecule has 1 aromatic heterocycles. The first kappa shape index (κ1) is 31.3. The number of benzene rings is 2. The Morgan fingerprint density at radius 2 is 1.55 bits per heavy atom. The molecule has 2 aromatic carbocycles. The normalized spacial score (nSPS) is 11.1. The second-order valence-corrected chi connectivity index (χ2v) is 8.49.